The third kappa shape index (κ3) is 4.93. The van der Waals surface area contributed by atoms with Crippen molar-refractivity contribution in [3.05, 3.63) is 89.3 Å². The van der Waals surface area contributed by atoms with Gasteiger partial charge in [-0.2, -0.15) is 0 Å². The van der Waals surface area contributed by atoms with Crippen LogP contribution in [0.25, 0.3) is 11.3 Å². The lowest BCUT2D eigenvalue weighted by Gasteiger charge is -2.13. The van der Waals surface area contributed by atoms with Crippen molar-refractivity contribution in [1.82, 2.24) is 10.3 Å². The van der Waals surface area contributed by atoms with Gasteiger partial charge < -0.3 is 10.6 Å². The highest BCUT2D eigenvalue weighted by molar-refractivity contribution is 8.00. The summed E-state index contributed by atoms with van der Waals surface area (Å²) in [5.41, 5.74) is 7.25. The van der Waals surface area contributed by atoms with Crippen molar-refractivity contribution >= 4 is 39.6 Å². The van der Waals surface area contributed by atoms with Crippen molar-refractivity contribution in [3.8, 4) is 11.3 Å². The number of rotatable bonds is 7. The molecule has 0 saturated carbocycles. The largest absolute Gasteiger partial charge is 0.360 e. The molecule has 4 nitrogen and oxygen atoms in total. The Kier molecular flexibility index (Phi) is 5.93. The van der Waals surface area contributed by atoms with Crippen LogP contribution < -0.4 is 16.0 Å². The predicted octanol–water partition coefficient (Wildman–Crippen LogP) is 6.50. The van der Waals surface area contributed by atoms with Gasteiger partial charge in [-0.05, 0) is 43.2 Å². The average Bonchev–Trinajstić information content (AvgIpc) is 3.42. The van der Waals surface area contributed by atoms with Crippen LogP contribution in [-0.4, -0.2) is 17.0 Å². The van der Waals surface area contributed by atoms with Crippen molar-refractivity contribution in [1.29, 1.82) is 0 Å². The van der Waals surface area contributed by atoms with Crippen molar-refractivity contribution in [3.63, 3.8) is 0 Å². The van der Waals surface area contributed by atoms with Gasteiger partial charge in [-0.1, -0.05) is 65.9 Å². The lowest BCUT2D eigenvalue weighted by molar-refractivity contribution is 0.695. The Morgan fingerprint density at radius 1 is 0.968 bits per heavy atom. The smallest absolute Gasteiger partial charge is 0.187 e. The Bertz CT molecular complexity index is 1130. The summed E-state index contributed by atoms with van der Waals surface area (Å²) in [5.74, 6) is 0. The van der Waals surface area contributed by atoms with E-state index in [1.165, 1.54) is 21.7 Å². The summed E-state index contributed by atoms with van der Waals surface area (Å²) >= 11 is 3.47. The van der Waals surface area contributed by atoms with Gasteiger partial charge in [-0.3, -0.25) is 5.32 Å². The number of aromatic nitrogens is 1. The van der Waals surface area contributed by atoms with Gasteiger partial charge >= 0.3 is 0 Å². The van der Waals surface area contributed by atoms with Crippen molar-refractivity contribution in [2.75, 3.05) is 17.2 Å². The average molecular weight is 445 g/mol. The molecular weight excluding hydrogens is 420 g/mol. The van der Waals surface area contributed by atoms with Gasteiger partial charge in [0.1, 0.15) is 5.50 Å². The van der Waals surface area contributed by atoms with Crippen LogP contribution in [0, 0.1) is 6.92 Å². The second-order valence-corrected chi connectivity index (χ2v) is 9.57. The van der Waals surface area contributed by atoms with Crippen molar-refractivity contribution in [2.24, 2.45) is 0 Å². The number of anilines is 3. The first-order chi connectivity index (χ1) is 15.2. The van der Waals surface area contributed by atoms with Gasteiger partial charge in [0, 0.05) is 33.8 Å². The highest BCUT2D eigenvalue weighted by atomic mass is 32.2. The van der Waals surface area contributed by atoms with Gasteiger partial charge in [0.2, 0.25) is 0 Å². The molecule has 1 unspecified atom stereocenters. The van der Waals surface area contributed by atoms with E-state index in [1.54, 1.807) is 11.3 Å². The number of thiazole rings is 1. The van der Waals surface area contributed by atoms with Crippen LogP contribution in [0.4, 0.5) is 16.5 Å². The summed E-state index contributed by atoms with van der Waals surface area (Å²) < 4.78 is 0. The maximum absolute atomic E-state index is 4.73. The quantitative estimate of drug-likeness (QED) is 0.304. The molecule has 1 aliphatic rings. The zero-order valence-corrected chi connectivity index (χ0v) is 18.9. The minimum atomic E-state index is 0.242. The van der Waals surface area contributed by atoms with E-state index in [0.29, 0.717) is 0 Å². The van der Waals surface area contributed by atoms with Gasteiger partial charge in [0.05, 0.1) is 5.69 Å². The molecule has 1 aliphatic heterocycles. The molecular formula is C25H24N4S2. The first-order valence-electron chi connectivity index (χ1n) is 10.4. The number of nitrogens with one attached hydrogen (secondary N) is 3. The van der Waals surface area contributed by atoms with E-state index in [1.807, 2.05) is 11.8 Å². The molecule has 0 bridgehead atoms. The molecule has 3 N–H and O–H groups in total. The molecule has 0 fully saturated rings. The number of nitrogens with zero attached hydrogens (tertiary/aromatic N) is 1. The molecule has 3 aromatic carbocycles. The van der Waals surface area contributed by atoms with Crippen LogP contribution in [0.15, 0.2) is 83.1 Å². The number of benzene rings is 3. The zero-order chi connectivity index (χ0) is 21.0. The predicted molar refractivity (Wildman–Crippen MR) is 133 cm³/mol. The number of thioether (sulfide) groups is 1. The highest BCUT2D eigenvalue weighted by Crippen LogP contribution is 2.36. The molecule has 0 spiro atoms. The number of fused-ring (bicyclic) bond motifs is 1. The molecule has 0 radical (unpaired) electrons. The Morgan fingerprint density at radius 3 is 2.58 bits per heavy atom. The zero-order valence-electron chi connectivity index (χ0n) is 17.3. The molecule has 2 heterocycles. The fourth-order valence-corrected chi connectivity index (χ4v) is 5.28. The lowest BCUT2D eigenvalue weighted by atomic mass is 10.1. The van der Waals surface area contributed by atoms with E-state index in [2.05, 4.69) is 101 Å². The maximum Gasteiger partial charge on any atom is 0.187 e. The summed E-state index contributed by atoms with van der Waals surface area (Å²) in [6, 6.07) is 25.5. The van der Waals surface area contributed by atoms with Crippen molar-refractivity contribution < 1.29 is 0 Å². The van der Waals surface area contributed by atoms with E-state index >= 15 is 0 Å². The fraction of sp³-hybridized carbons (Fsp3) is 0.160. The molecule has 0 aliphatic carbocycles. The Hall–Kier alpha value is -2.80. The van der Waals surface area contributed by atoms with Crippen LogP contribution >= 0.6 is 23.1 Å². The Balaban J connectivity index is 1.12. The topological polar surface area (TPSA) is 49.0 Å². The van der Waals surface area contributed by atoms with Gasteiger partial charge in [0.15, 0.2) is 5.13 Å². The van der Waals surface area contributed by atoms with Crippen LogP contribution in [-0.2, 0) is 6.42 Å². The first-order valence-corrected chi connectivity index (χ1v) is 12.1. The van der Waals surface area contributed by atoms with E-state index in [0.717, 1.165) is 35.0 Å². The van der Waals surface area contributed by atoms with E-state index < -0.39 is 0 Å². The lowest BCUT2D eigenvalue weighted by Crippen LogP contribution is -2.32. The molecule has 0 saturated heterocycles. The van der Waals surface area contributed by atoms with Crippen molar-refractivity contribution in [2.45, 2.75) is 23.7 Å². The van der Waals surface area contributed by atoms with E-state index in [9.17, 15) is 0 Å². The van der Waals surface area contributed by atoms with Gasteiger partial charge in [-0.25, -0.2) is 4.98 Å². The van der Waals surface area contributed by atoms with Crippen LogP contribution in [0.3, 0.4) is 0 Å². The summed E-state index contributed by atoms with van der Waals surface area (Å²) in [7, 11) is 0. The molecule has 6 heteroatoms. The summed E-state index contributed by atoms with van der Waals surface area (Å²) in [4.78, 5) is 6.04. The standard InChI is InChI=1S/C25H24N4S2/c1-17-6-10-19(11-7-17)22-16-30-25(29-22)27-20-12-8-18(9-13-20)14-15-26-24-28-21-4-2-3-5-23(21)31-24/h2-13,16,24,26,28H,14-15H2,1H3,(H,27,29). The number of aryl methyl sites for hydroxylation is 1. The van der Waals surface area contributed by atoms with Gasteiger partial charge in [0.25, 0.3) is 0 Å². The Morgan fingerprint density at radius 2 is 1.77 bits per heavy atom. The number of para-hydroxylation sites is 1. The molecule has 0 amide bonds. The minimum absolute atomic E-state index is 0.242. The highest BCUT2D eigenvalue weighted by Gasteiger charge is 2.19. The summed E-state index contributed by atoms with van der Waals surface area (Å²) in [6.07, 6.45) is 0.990. The van der Waals surface area contributed by atoms with Crippen LogP contribution in [0.1, 0.15) is 11.1 Å². The van der Waals surface area contributed by atoms with E-state index in [4.69, 9.17) is 4.98 Å². The second-order valence-electron chi connectivity index (χ2n) is 7.57. The molecule has 4 aromatic rings. The minimum Gasteiger partial charge on any atom is -0.360 e. The van der Waals surface area contributed by atoms with E-state index in [-0.39, 0.29) is 5.50 Å². The SMILES string of the molecule is Cc1ccc(-c2csc(Nc3ccc(CCNC4Nc5ccccc5S4)cc3)n2)cc1. The number of hydrogen-bond donors (Lipinski definition) is 3. The molecule has 5 rings (SSSR count). The van der Waals surface area contributed by atoms with Crippen LogP contribution in [0.2, 0.25) is 0 Å². The molecule has 156 valence electrons. The summed E-state index contributed by atoms with van der Waals surface area (Å²) in [6.45, 7) is 3.03. The molecule has 1 aromatic heterocycles. The van der Waals surface area contributed by atoms with Gasteiger partial charge in [-0.15, -0.1) is 11.3 Å². The monoisotopic (exact) mass is 444 g/mol. The summed E-state index contributed by atoms with van der Waals surface area (Å²) in [5, 5.41) is 13.5. The fourth-order valence-electron chi connectivity index (χ4n) is 3.49. The Labute approximate surface area is 191 Å². The third-order valence-electron chi connectivity index (χ3n) is 5.22. The first kappa shape index (κ1) is 20.1. The normalized spacial score (nSPS) is 14.8. The molecule has 1 atom stereocenters. The third-order valence-corrected chi connectivity index (χ3v) is 7.11. The van der Waals surface area contributed by atoms with Crippen LogP contribution in [0.5, 0.6) is 0 Å². The second kappa shape index (κ2) is 9.14. The number of hydrogen-bond acceptors (Lipinski definition) is 6. The molecule has 31 heavy (non-hydrogen) atoms. The maximum atomic E-state index is 4.73.